The zero-order valence-electron chi connectivity index (χ0n) is 18.1. The summed E-state index contributed by atoms with van der Waals surface area (Å²) in [6.07, 6.45) is -2.12. The molecule has 1 aliphatic carbocycles. The number of hydrogen-bond donors (Lipinski definition) is 1. The van der Waals surface area contributed by atoms with E-state index in [2.05, 4.69) is 5.32 Å². The largest absolute Gasteiger partial charge is 0.493 e. The van der Waals surface area contributed by atoms with Crippen molar-refractivity contribution in [1.29, 1.82) is 0 Å². The number of nitrogens with zero attached hydrogens (tertiary/aromatic N) is 2. The Hall–Kier alpha value is -3.07. The molecule has 4 rings (SSSR count). The van der Waals surface area contributed by atoms with Crippen molar-refractivity contribution in [3.63, 3.8) is 0 Å². The molecule has 0 bridgehead atoms. The van der Waals surface area contributed by atoms with Crippen LogP contribution in [0.1, 0.15) is 28.8 Å². The summed E-state index contributed by atoms with van der Waals surface area (Å²) in [5.41, 5.74) is -0.560. The molecule has 1 aliphatic heterocycles. The van der Waals surface area contributed by atoms with Crippen molar-refractivity contribution in [2.45, 2.75) is 19.0 Å². The molecule has 1 heterocycles. The lowest BCUT2D eigenvalue weighted by atomic mass is 10.1. The van der Waals surface area contributed by atoms with Gasteiger partial charge < -0.3 is 15.0 Å². The summed E-state index contributed by atoms with van der Waals surface area (Å²) in [6.45, 7) is 2.47. The number of carbonyl (C=O) groups excluding carboxylic acids is 2. The predicted molar refractivity (Wildman–Crippen MR) is 117 cm³/mol. The van der Waals surface area contributed by atoms with Crippen molar-refractivity contribution in [2.75, 3.05) is 44.6 Å². The van der Waals surface area contributed by atoms with E-state index in [0.717, 1.165) is 11.8 Å². The van der Waals surface area contributed by atoms with Crippen LogP contribution in [0.15, 0.2) is 48.5 Å². The van der Waals surface area contributed by atoms with Gasteiger partial charge in [0.25, 0.3) is 5.91 Å². The van der Waals surface area contributed by atoms with Gasteiger partial charge in [-0.05, 0) is 55.2 Å². The summed E-state index contributed by atoms with van der Waals surface area (Å²) in [5.74, 6) is 0.797. The summed E-state index contributed by atoms with van der Waals surface area (Å²) in [6, 6.07) is 12.0. The lowest BCUT2D eigenvalue weighted by molar-refractivity contribution is -0.137. The van der Waals surface area contributed by atoms with E-state index in [0.29, 0.717) is 44.3 Å². The van der Waals surface area contributed by atoms with Crippen LogP contribution in [-0.4, -0.2) is 60.9 Å². The molecular weight excluding hydrogens is 435 g/mol. The lowest BCUT2D eigenvalue weighted by Gasteiger charge is -2.34. The Labute approximate surface area is 190 Å². The third-order valence-corrected chi connectivity index (χ3v) is 5.82. The fourth-order valence-electron chi connectivity index (χ4n) is 3.72. The molecule has 2 aliphatic rings. The van der Waals surface area contributed by atoms with Gasteiger partial charge in [0.15, 0.2) is 0 Å². The van der Waals surface area contributed by atoms with Crippen LogP contribution in [0.2, 0.25) is 0 Å². The molecular formula is C24H26F3N3O3. The molecule has 1 saturated carbocycles. The Balaban J connectivity index is 1.25. The molecule has 6 nitrogen and oxygen atoms in total. The van der Waals surface area contributed by atoms with Crippen LogP contribution in [0.4, 0.5) is 18.9 Å². The van der Waals surface area contributed by atoms with E-state index in [-0.39, 0.29) is 18.1 Å². The smallest absolute Gasteiger partial charge is 0.418 e. The topological polar surface area (TPSA) is 61.9 Å². The van der Waals surface area contributed by atoms with E-state index >= 15 is 0 Å². The molecule has 0 radical (unpaired) electrons. The maximum absolute atomic E-state index is 13.1. The number of anilines is 1. The number of alkyl halides is 3. The molecule has 176 valence electrons. The Morgan fingerprint density at radius 3 is 2.27 bits per heavy atom. The van der Waals surface area contributed by atoms with Gasteiger partial charge >= 0.3 is 6.18 Å². The first-order chi connectivity index (χ1) is 15.8. The predicted octanol–water partition coefficient (Wildman–Crippen LogP) is 3.89. The summed E-state index contributed by atoms with van der Waals surface area (Å²) in [4.78, 5) is 28.6. The van der Waals surface area contributed by atoms with Crippen LogP contribution < -0.4 is 10.1 Å². The molecule has 1 N–H and O–H groups in total. The third-order valence-electron chi connectivity index (χ3n) is 5.82. The number of piperazine rings is 1. The fraction of sp³-hybridized carbons (Fsp3) is 0.417. The van der Waals surface area contributed by atoms with Gasteiger partial charge in [0.05, 0.1) is 24.4 Å². The molecule has 2 amide bonds. The van der Waals surface area contributed by atoms with Gasteiger partial charge in [-0.15, -0.1) is 0 Å². The molecule has 0 spiro atoms. The van der Waals surface area contributed by atoms with Gasteiger partial charge in [-0.1, -0.05) is 12.1 Å². The summed E-state index contributed by atoms with van der Waals surface area (Å²) in [5, 5.41) is 2.36. The van der Waals surface area contributed by atoms with Crippen LogP contribution in [-0.2, 0) is 11.0 Å². The second kappa shape index (κ2) is 9.82. The molecule has 0 unspecified atom stereocenters. The second-order valence-electron chi connectivity index (χ2n) is 8.44. The number of nitrogens with one attached hydrogen (secondary N) is 1. The Morgan fingerprint density at radius 2 is 1.64 bits per heavy atom. The molecule has 2 aromatic rings. The summed E-state index contributed by atoms with van der Waals surface area (Å²) >= 11 is 0. The maximum Gasteiger partial charge on any atom is 0.418 e. The minimum Gasteiger partial charge on any atom is -0.493 e. The lowest BCUT2D eigenvalue weighted by Crippen LogP contribution is -2.50. The van der Waals surface area contributed by atoms with Crippen LogP contribution in [0, 0.1) is 5.92 Å². The molecule has 0 aromatic heterocycles. The van der Waals surface area contributed by atoms with Gasteiger partial charge in [0.1, 0.15) is 5.75 Å². The van der Waals surface area contributed by atoms with Crippen molar-refractivity contribution in [1.82, 2.24) is 9.80 Å². The fourth-order valence-corrected chi connectivity index (χ4v) is 3.72. The van der Waals surface area contributed by atoms with Gasteiger partial charge in [-0.2, -0.15) is 13.2 Å². The van der Waals surface area contributed by atoms with E-state index in [1.165, 1.54) is 31.0 Å². The molecule has 33 heavy (non-hydrogen) atoms. The second-order valence-corrected chi connectivity index (χ2v) is 8.44. The number of hydrogen-bond acceptors (Lipinski definition) is 4. The first kappa shape index (κ1) is 23.1. The Bertz CT molecular complexity index is 982. The monoisotopic (exact) mass is 461 g/mol. The van der Waals surface area contributed by atoms with E-state index in [1.54, 1.807) is 29.2 Å². The third kappa shape index (κ3) is 6.25. The minimum absolute atomic E-state index is 0.0404. The molecule has 2 aromatic carbocycles. The van der Waals surface area contributed by atoms with E-state index in [9.17, 15) is 22.8 Å². The van der Waals surface area contributed by atoms with Crippen LogP contribution in [0.25, 0.3) is 0 Å². The minimum atomic E-state index is -4.54. The number of ether oxygens (including phenoxy) is 1. The zero-order chi connectivity index (χ0) is 23.4. The van der Waals surface area contributed by atoms with Crippen molar-refractivity contribution >= 4 is 17.5 Å². The van der Waals surface area contributed by atoms with Crippen LogP contribution >= 0.6 is 0 Å². The average Bonchev–Trinajstić information content (AvgIpc) is 3.62. The zero-order valence-corrected chi connectivity index (χ0v) is 18.1. The van der Waals surface area contributed by atoms with E-state index in [4.69, 9.17) is 4.74 Å². The molecule has 9 heteroatoms. The first-order valence-corrected chi connectivity index (χ1v) is 11.0. The quantitative estimate of drug-likeness (QED) is 0.680. The number of amides is 2. The maximum atomic E-state index is 13.1. The number of halogens is 3. The molecule has 1 saturated heterocycles. The van der Waals surface area contributed by atoms with E-state index in [1.807, 2.05) is 4.90 Å². The number of benzene rings is 2. The van der Waals surface area contributed by atoms with Gasteiger partial charge in [0, 0.05) is 31.7 Å². The van der Waals surface area contributed by atoms with Crippen LogP contribution in [0.3, 0.4) is 0 Å². The normalized spacial score (nSPS) is 17.0. The average molecular weight is 461 g/mol. The first-order valence-electron chi connectivity index (χ1n) is 11.0. The van der Waals surface area contributed by atoms with E-state index < -0.39 is 17.6 Å². The van der Waals surface area contributed by atoms with Gasteiger partial charge in [-0.3, -0.25) is 14.5 Å². The van der Waals surface area contributed by atoms with Crippen molar-refractivity contribution in [3.05, 3.63) is 59.7 Å². The van der Waals surface area contributed by atoms with Crippen LogP contribution in [0.5, 0.6) is 5.75 Å². The Morgan fingerprint density at radius 1 is 0.970 bits per heavy atom. The highest BCUT2D eigenvalue weighted by Gasteiger charge is 2.33. The number of carbonyl (C=O) groups is 2. The van der Waals surface area contributed by atoms with Crippen molar-refractivity contribution < 1.29 is 27.5 Å². The summed E-state index contributed by atoms with van der Waals surface area (Å²) < 4.78 is 45.0. The van der Waals surface area contributed by atoms with Crippen molar-refractivity contribution in [2.24, 2.45) is 5.92 Å². The number of para-hydroxylation sites is 1. The van der Waals surface area contributed by atoms with Gasteiger partial charge in [0.2, 0.25) is 5.91 Å². The highest BCUT2D eigenvalue weighted by atomic mass is 19.4. The summed E-state index contributed by atoms with van der Waals surface area (Å²) in [7, 11) is 0. The highest BCUT2D eigenvalue weighted by molar-refractivity contribution is 5.95. The number of rotatable bonds is 7. The highest BCUT2D eigenvalue weighted by Crippen LogP contribution is 2.34. The standard InChI is InChI=1S/C24H26F3N3O3/c25-24(26,27)20-3-1-2-4-21(20)28-22(31)15-29-11-13-30(14-12-29)23(32)18-7-9-19(10-8-18)33-16-17-5-6-17/h1-4,7-10,17H,5-6,11-16H2,(H,28,31). The Kier molecular flexibility index (Phi) is 6.88. The molecule has 2 fully saturated rings. The van der Waals surface area contributed by atoms with Crippen molar-refractivity contribution in [3.8, 4) is 5.75 Å². The molecule has 0 atom stereocenters. The SMILES string of the molecule is O=C(CN1CCN(C(=O)c2ccc(OCC3CC3)cc2)CC1)Nc1ccccc1C(F)(F)F. The van der Waals surface area contributed by atoms with Gasteiger partial charge in [-0.25, -0.2) is 0 Å².